The van der Waals surface area contributed by atoms with E-state index < -0.39 is 10.0 Å². The van der Waals surface area contributed by atoms with Crippen LogP contribution in [0.5, 0.6) is 0 Å². The van der Waals surface area contributed by atoms with Gasteiger partial charge < -0.3 is 8.98 Å². The Morgan fingerprint density at radius 2 is 1.83 bits per heavy atom. The highest BCUT2D eigenvalue weighted by atomic mass is 32.2. The summed E-state index contributed by atoms with van der Waals surface area (Å²) in [6, 6.07) is 9.74. The lowest BCUT2D eigenvalue weighted by molar-refractivity contribution is 0.102. The summed E-state index contributed by atoms with van der Waals surface area (Å²) in [5.74, 6) is 1.25. The highest BCUT2D eigenvalue weighted by Gasteiger charge is 2.26. The van der Waals surface area contributed by atoms with E-state index in [0.29, 0.717) is 35.4 Å². The molecule has 2 aromatic heterocycles. The Kier molecular flexibility index (Phi) is 6.07. The van der Waals surface area contributed by atoms with Crippen molar-refractivity contribution in [3.8, 4) is 11.6 Å². The van der Waals surface area contributed by atoms with Gasteiger partial charge in [0, 0.05) is 25.7 Å². The summed E-state index contributed by atoms with van der Waals surface area (Å²) in [6.07, 6.45) is 4.40. The van der Waals surface area contributed by atoms with Crippen molar-refractivity contribution in [2.45, 2.75) is 29.3 Å². The lowest BCUT2D eigenvalue weighted by atomic mass is 10.1. The maximum absolute atomic E-state index is 12.7. The second-order valence-corrected chi connectivity index (χ2v) is 9.92. The second-order valence-electron chi connectivity index (χ2n) is 7.04. The Labute approximate surface area is 179 Å². The highest BCUT2D eigenvalue weighted by molar-refractivity contribution is 7.99. The molecule has 1 saturated heterocycles. The first kappa shape index (κ1) is 20.8. The van der Waals surface area contributed by atoms with Gasteiger partial charge in [0.1, 0.15) is 0 Å². The molecule has 8 nitrogen and oxygen atoms in total. The summed E-state index contributed by atoms with van der Waals surface area (Å²) in [7, 11) is -1.69. The monoisotopic (exact) mass is 446 g/mol. The molecule has 0 amide bonds. The Balaban J connectivity index is 1.41. The predicted octanol–water partition coefficient (Wildman–Crippen LogP) is 3.22. The van der Waals surface area contributed by atoms with E-state index in [0.717, 1.165) is 19.3 Å². The van der Waals surface area contributed by atoms with Crippen molar-refractivity contribution in [1.29, 1.82) is 0 Å². The molecule has 0 spiro atoms. The molecule has 3 aromatic rings. The fourth-order valence-corrected chi connectivity index (χ4v) is 5.66. The van der Waals surface area contributed by atoms with Crippen LogP contribution >= 0.6 is 11.8 Å². The summed E-state index contributed by atoms with van der Waals surface area (Å²) in [5, 5.41) is 8.82. The van der Waals surface area contributed by atoms with Gasteiger partial charge in [-0.1, -0.05) is 30.3 Å². The van der Waals surface area contributed by atoms with E-state index in [1.165, 1.54) is 28.2 Å². The zero-order valence-corrected chi connectivity index (χ0v) is 18.2. The number of Topliss-reactive ketones (excluding diaryl/α,β-unsaturated/α-hetero) is 1. The number of aromatic nitrogens is 3. The topological polar surface area (TPSA) is 98.3 Å². The van der Waals surface area contributed by atoms with Gasteiger partial charge in [0.25, 0.3) is 0 Å². The molecular formula is C20H22N4O4S2. The molecule has 1 aromatic carbocycles. The second kappa shape index (κ2) is 8.75. The number of carbonyl (C=O) groups excluding carboxylic acids is 1. The van der Waals surface area contributed by atoms with E-state index in [2.05, 4.69) is 10.2 Å². The van der Waals surface area contributed by atoms with E-state index in [4.69, 9.17) is 4.42 Å². The molecule has 3 heterocycles. The van der Waals surface area contributed by atoms with Gasteiger partial charge in [-0.2, -0.15) is 4.31 Å². The Hall–Kier alpha value is -2.43. The van der Waals surface area contributed by atoms with Gasteiger partial charge in [-0.05, 0) is 37.1 Å². The number of hydrogen-bond donors (Lipinski definition) is 0. The number of benzene rings is 1. The number of rotatable bonds is 7. The first-order chi connectivity index (χ1) is 14.5. The minimum absolute atomic E-state index is 0.107. The fourth-order valence-electron chi connectivity index (χ4n) is 3.34. The molecule has 0 bridgehead atoms. The van der Waals surface area contributed by atoms with Gasteiger partial charge in [0.05, 0.1) is 16.9 Å². The maximum Gasteiger partial charge on any atom is 0.243 e. The number of nitrogens with zero attached hydrogens (tertiary/aromatic N) is 4. The zero-order valence-electron chi connectivity index (χ0n) is 16.5. The van der Waals surface area contributed by atoms with E-state index in [1.807, 2.05) is 7.05 Å². The van der Waals surface area contributed by atoms with Crippen molar-refractivity contribution >= 4 is 27.6 Å². The summed E-state index contributed by atoms with van der Waals surface area (Å²) in [5.41, 5.74) is 0.466. The number of thioether (sulfide) groups is 1. The Bertz CT molecular complexity index is 1120. The molecule has 0 unspecified atom stereocenters. The van der Waals surface area contributed by atoms with Crippen molar-refractivity contribution < 1.29 is 17.6 Å². The van der Waals surface area contributed by atoms with Crippen molar-refractivity contribution in [3.05, 3.63) is 48.2 Å². The van der Waals surface area contributed by atoms with Crippen LogP contribution in [0.1, 0.15) is 29.6 Å². The third kappa shape index (κ3) is 4.21. The van der Waals surface area contributed by atoms with Gasteiger partial charge >= 0.3 is 0 Å². The molecule has 0 aliphatic carbocycles. The summed E-state index contributed by atoms with van der Waals surface area (Å²) in [4.78, 5) is 12.8. The van der Waals surface area contributed by atoms with Crippen LogP contribution in [0.3, 0.4) is 0 Å². The van der Waals surface area contributed by atoms with Crippen LogP contribution in [0, 0.1) is 0 Å². The summed E-state index contributed by atoms with van der Waals surface area (Å²) in [6.45, 7) is 1.11. The standard InChI is InChI=1S/C20H22N4O4S2/c1-23-19(18-6-5-13-28-18)21-22-20(23)29-14-17(25)15-7-9-16(10-8-15)30(26,27)24-11-3-2-4-12-24/h5-10,13H,2-4,11-12,14H2,1H3. The van der Waals surface area contributed by atoms with Crippen LogP contribution < -0.4 is 0 Å². The molecule has 10 heteroatoms. The van der Waals surface area contributed by atoms with Crippen molar-refractivity contribution in [2.75, 3.05) is 18.8 Å². The third-order valence-corrected chi connectivity index (χ3v) is 7.97. The van der Waals surface area contributed by atoms with Gasteiger partial charge in [0.15, 0.2) is 22.5 Å². The largest absolute Gasteiger partial charge is 0.461 e. The van der Waals surface area contributed by atoms with Crippen molar-refractivity contribution in [1.82, 2.24) is 19.1 Å². The van der Waals surface area contributed by atoms with E-state index in [1.54, 1.807) is 35.1 Å². The molecule has 1 aliphatic rings. The minimum Gasteiger partial charge on any atom is -0.461 e. The maximum atomic E-state index is 12.7. The number of piperidine rings is 1. The summed E-state index contributed by atoms with van der Waals surface area (Å²) < 4.78 is 34.1. The Morgan fingerprint density at radius 3 is 2.50 bits per heavy atom. The summed E-state index contributed by atoms with van der Waals surface area (Å²) >= 11 is 1.27. The van der Waals surface area contributed by atoms with Gasteiger partial charge in [-0.15, -0.1) is 10.2 Å². The quantitative estimate of drug-likeness (QED) is 0.406. The van der Waals surface area contributed by atoms with E-state index >= 15 is 0 Å². The lowest BCUT2D eigenvalue weighted by Crippen LogP contribution is -2.35. The van der Waals surface area contributed by atoms with Crippen LogP contribution in [-0.4, -0.2) is 52.1 Å². The van der Waals surface area contributed by atoms with Crippen LogP contribution in [-0.2, 0) is 17.1 Å². The average Bonchev–Trinajstić information content (AvgIpc) is 3.42. The highest BCUT2D eigenvalue weighted by Crippen LogP contribution is 2.24. The average molecular weight is 447 g/mol. The van der Waals surface area contributed by atoms with Gasteiger partial charge in [-0.3, -0.25) is 4.79 Å². The van der Waals surface area contributed by atoms with Crippen LogP contribution in [0.2, 0.25) is 0 Å². The number of furan rings is 1. The molecule has 4 rings (SSSR count). The molecule has 158 valence electrons. The fraction of sp³-hybridized carbons (Fsp3) is 0.350. The molecule has 30 heavy (non-hydrogen) atoms. The van der Waals surface area contributed by atoms with E-state index in [-0.39, 0.29) is 16.4 Å². The molecular weight excluding hydrogens is 424 g/mol. The van der Waals surface area contributed by atoms with Gasteiger partial charge in [-0.25, -0.2) is 8.42 Å². The first-order valence-corrected chi connectivity index (χ1v) is 12.1. The Morgan fingerprint density at radius 1 is 1.10 bits per heavy atom. The smallest absolute Gasteiger partial charge is 0.243 e. The number of carbonyl (C=O) groups is 1. The third-order valence-electron chi connectivity index (χ3n) is 5.04. The minimum atomic E-state index is -3.50. The van der Waals surface area contributed by atoms with Crippen LogP contribution in [0.4, 0.5) is 0 Å². The zero-order chi connectivity index (χ0) is 21.1. The normalized spacial score (nSPS) is 15.4. The number of sulfonamides is 1. The molecule has 0 saturated carbocycles. The molecule has 1 fully saturated rings. The van der Waals surface area contributed by atoms with Crippen LogP contribution in [0.15, 0.2) is 57.1 Å². The number of ketones is 1. The number of hydrogen-bond acceptors (Lipinski definition) is 7. The van der Waals surface area contributed by atoms with Crippen LogP contribution in [0.25, 0.3) is 11.6 Å². The van der Waals surface area contributed by atoms with Gasteiger partial charge in [0.2, 0.25) is 10.0 Å². The lowest BCUT2D eigenvalue weighted by Gasteiger charge is -2.25. The molecule has 0 atom stereocenters. The molecule has 0 N–H and O–H groups in total. The SMILES string of the molecule is Cn1c(SCC(=O)c2ccc(S(=O)(=O)N3CCCCC3)cc2)nnc1-c1ccco1. The van der Waals surface area contributed by atoms with Crippen molar-refractivity contribution in [3.63, 3.8) is 0 Å². The van der Waals surface area contributed by atoms with Crippen molar-refractivity contribution in [2.24, 2.45) is 7.05 Å². The molecule has 0 radical (unpaired) electrons. The molecule has 1 aliphatic heterocycles. The van der Waals surface area contributed by atoms with E-state index in [9.17, 15) is 13.2 Å². The first-order valence-electron chi connectivity index (χ1n) is 9.66. The predicted molar refractivity (Wildman–Crippen MR) is 113 cm³/mol.